The maximum Gasteiger partial charge on any atom is 0.313 e. The Morgan fingerprint density at radius 3 is 1.87 bits per heavy atom. The van der Waals surface area contributed by atoms with E-state index in [0.717, 1.165) is 0 Å². The number of methoxy groups -OCH3 is 1. The highest BCUT2D eigenvalue weighted by molar-refractivity contribution is 6.71. The van der Waals surface area contributed by atoms with Crippen LogP contribution in [0.5, 0.6) is 0 Å². The first-order valence-electron chi connectivity index (χ1n) is 4.55. The number of ketones is 1. The Balaban J connectivity index is 3.98. The summed E-state index contributed by atoms with van der Waals surface area (Å²) in [5, 5.41) is 0. The lowest BCUT2D eigenvalue weighted by Crippen LogP contribution is -2.30. The molecule has 15 heavy (non-hydrogen) atoms. The van der Waals surface area contributed by atoms with Crippen molar-refractivity contribution in [3.8, 4) is 0 Å². The van der Waals surface area contributed by atoms with E-state index >= 15 is 0 Å². The van der Waals surface area contributed by atoms with Crippen LogP contribution in [0.25, 0.3) is 0 Å². The molecule has 0 amide bonds. The highest BCUT2D eigenvalue weighted by Crippen LogP contribution is 2.05. The average Bonchev–Trinajstić information content (AvgIpc) is 1.99. The molecule has 0 aromatic carbocycles. The molecule has 0 fully saturated rings. The zero-order valence-electron chi connectivity index (χ0n) is 9.46. The summed E-state index contributed by atoms with van der Waals surface area (Å²) in [5.74, 6) is -1.69. The van der Waals surface area contributed by atoms with Crippen LogP contribution in [0.4, 0.5) is 0 Å². The molecule has 0 aliphatic heterocycles. The fourth-order valence-electron chi connectivity index (χ4n) is 0.834. The molecule has 0 radical (unpaired) electrons. The second-order valence-electron chi connectivity index (χ2n) is 4.05. The van der Waals surface area contributed by atoms with Gasteiger partial charge in [0, 0.05) is 0 Å². The second kappa shape index (κ2) is 5.65. The molecule has 0 aromatic heterocycles. The normalized spacial score (nSPS) is 10.7. The Morgan fingerprint density at radius 1 is 1.00 bits per heavy atom. The Kier molecular flexibility index (Phi) is 5.20. The number of Topliss-reactive ketones (excluding diaryl/α,β-unsaturated/α-hetero) is 1. The Labute approximate surface area is 89.9 Å². The molecule has 0 aromatic rings. The summed E-state index contributed by atoms with van der Waals surface area (Å²) in [6, 6.07) is 0. The molecule has 0 saturated heterocycles. The van der Waals surface area contributed by atoms with Gasteiger partial charge in [-0.25, -0.2) is 0 Å². The molecule has 0 rings (SSSR count). The van der Waals surface area contributed by atoms with Gasteiger partial charge in [-0.15, -0.1) is 0 Å². The van der Waals surface area contributed by atoms with E-state index in [4.69, 9.17) is 4.43 Å². The van der Waals surface area contributed by atoms with E-state index in [2.05, 4.69) is 4.74 Å². The molecule has 0 N–H and O–H groups in total. The number of carbonyl (C=O) groups excluding carboxylic acids is 3. The van der Waals surface area contributed by atoms with E-state index in [1.807, 2.05) is 19.6 Å². The summed E-state index contributed by atoms with van der Waals surface area (Å²) in [6.45, 7) is 5.53. The van der Waals surface area contributed by atoms with Gasteiger partial charge in [-0.2, -0.15) is 0 Å². The van der Waals surface area contributed by atoms with Gasteiger partial charge in [0.15, 0.2) is 5.78 Å². The van der Waals surface area contributed by atoms with Gasteiger partial charge in [0.05, 0.1) is 7.11 Å². The molecule has 5 nitrogen and oxygen atoms in total. The molecule has 0 atom stereocenters. The van der Waals surface area contributed by atoms with E-state index in [0.29, 0.717) is 0 Å². The highest BCUT2D eigenvalue weighted by Gasteiger charge is 2.22. The van der Waals surface area contributed by atoms with E-state index in [-0.39, 0.29) is 12.8 Å². The van der Waals surface area contributed by atoms with E-state index in [1.165, 1.54) is 7.11 Å². The first-order valence-corrected chi connectivity index (χ1v) is 7.96. The SMILES string of the molecule is COC(=O)CC(=O)CC(=O)O[Si](C)(C)C. The van der Waals surface area contributed by atoms with Crippen molar-refractivity contribution in [3.05, 3.63) is 0 Å². The fraction of sp³-hybridized carbons (Fsp3) is 0.667. The molecule has 86 valence electrons. The van der Waals surface area contributed by atoms with E-state index in [1.54, 1.807) is 0 Å². The monoisotopic (exact) mass is 232 g/mol. The highest BCUT2D eigenvalue weighted by atomic mass is 28.4. The summed E-state index contributed by atoms with van der Waals surface area (Å²) in [6.07, 6.45) is -0.739. The van der Waals surface area contributed by atoms with Gasteiger partial charge < -0.3 is 9.16 Å². The summed E-state index contributed by atoms with van der Waals surface area (Å²) < 4.78 is 9.35. The quantitative estimate of drug-likeness (QED) is 0.400. The minimum atomic E-state index is -1.95. The van der Waals surface area contributed by atoms with Crippen LogP contribution in [0.1, 0.15) is 12.8 Å². The van der Waals surface area contributed by atoms with Crippen molar-refractivity contribution in [2.45, 2.75) is 32.5 Å². The first-order chi connectivity index (χ1) is 6.74. The summed E-state index contributed by atoms with van der Waals surface area (Å²) in [7, 11) is -0.763. The number of hydrogen-bond donors (Lipinski definition) is 0. The predicted molar refractivity (Wildman–Crippen MR) is 55.7 cm³/mol. The lowest BCUT2D eigenvalue weighted by molar-refractivity contribution is -0.144. The van der Waals surface area contributed by atoms with Gasteiger partial charge >= 0.3 is 5.97 Å². The zero-order valence-corrected chi connectivity index (χ0v) is 10.5. The summed E-state index contributed by atoms with van der Waals surface area (Å²) >= 11 is 0. The summed E-state index contributed by atoms with van der Waals surface area (Å²) in [4.78, 5) is 33.0. The lowest BCUT2D eigenvalue weighted by Gasteiger charge is -2.16. The van der Waals surface area contributed by atoms with Gasteiger partial charge in [0.2, 0.25) is 8.32 Å². The van der Waals surface area contributed by atoms with Crippen molar-refractivity contribution in [2.75, 3.05) is 7.11 Å². The maximum atomic E-state index is 11.2. The molecule has 6 heteroatoms. The Bertz CT molecular complexity index is 266. The van der Waals surface area contributed by atoms with E-state index in [9.17, 15) is 14.4 Å². The van der Waals surface area contributed by atoms with Crippen LogP contribution in [0.15, 0.2) is 0 Å². The summed E-state index contributed by atoms with van der Waals surface area (Å²) in [5.41, 5.74) is 0. The molecule has 0 heterocycles. The Morgan fingerprint density at radius 2 is 1.47 bits per heavy atom. The van der Waals surface area contributed by atoms with Gasteiger partial charge in [0.25, 0.3) is 5.97 Å². The van der Waals surface area contributed by atoms with Crippen molar-refractivity contribution in [1.29, 1.82) is 0 Å². The number of esters is 1. The zero-order chi connectivity index (χ0) is 12.1. The van der Waals surface area contributed by atoms with Crippen LogP contribution in [-0.2, 0) is 23.5 Å². The van der Waals surface area contributed by atoms with Crippen LogP contribution in [0.2, 0.25) is 19.6 Å². The van der Waals surface area contributed by atoms with Crippen LogP contribution in [-0.4, -0.2) is 33.1 Å². The van der Waals surface area contributed by atoms with Crippen LogP contribution >= 0.6 is 0 Å². The van der Waals surface area contributed by atoms with Gasteiger partial charge in [-0.05, 0) is 19.6 Å². The van der Waals surface area contributed by atoms with E-state index < -0.39 is 26.0 Å². The molecular weight excluding hydrogens is 216 g/mol. The minimum absolute atomic E-state index is 0.362. The molecule has 0 bridgehead atoms. The molecule has 0 unspecified atom stereocenters. The fourth-order valence-corrected chi connectivity index (χ4v) is 1.59. The molecule has 0 aliphatic rings. The number of hydrogen-bond acceptors (Lipinski definition) is 5. The topological polar surface area (TPSA) is 69.7 Å². The molecular formula is C9H16O5Si. The smallest absolute Gasteiger partial charge is 0.313 e. The third-order valence-electron chi connectivity index (χ3n) is 1.33. The van der Waals surface area contributed by atoms with Gasteiger partial charge in [-0.3, -0.25) is 14.4 Å². The van der Waals surface area contributed by atoms with Crippen LogP contribution < -0.4 is 0 Å². The number of carbonyl (C=O) groups is 3. The number of rotatable bonds is 5. The van der Waals surface area contributed by atoms with Crippen molar-refractivity contribution in [1.82, 2.24) is 0 Å². The average molecular weight is 232 g/mol. The van der Waals surface area contributed by atoms with Crippen molar-refractivity contribution < 1.29 is 23.5 Å². The second-order valence-corrected chi connectivity index (χ2v) is 8.48. The van der Waals surface area contributed by atoms with Crippen LogP contribution in [0, 0.1) is 0 Å². The van der Waals surface area contributed by atoms with Crippen molar-refractivity contribution >= 4 is 26.0 Å². The first kappa shape index (κ1) is 13.8. The number of ether oxygens (including phenoxy) is 1. The third-order valence-corrected chi connectivity index (χ3v) is 2.17. The predicted octanol–water partition coefficient (Wildman–Crippen LogP) is 0.887. The minimum Gasteiger partial charge on any atom is -0.520 e. The third kappa shape index (κ3) is 7.86. The standard InChI is InChI=1S/C9H16O5Si/c1-13-8(11)5-7(10)6-9(12)14-15(2,3)4/h5-6H2,1-4H3. The molecule has 0 saturated carbocycles. The van der Waals surface area contributed by atoms with Crippen molar-refractivity contribution in [2.24, 2.45) is 0 Å². The Hall–Kier alpha value is -1.17. The van der Waals surface area contributed by atoms with Crippen molar-refractivity contribution in [3.63, 3.8) is 0 Å². The van der Waals surface area contributed by atoms with Gasteiger partial charge in [-0.1, -0.05) is 0 Å². The molecule has 0 spiro atoms. The largest absolute Gasteiger partial charge is 0.520 e. The lowest BCUT2D eigenvalue weighted by atomic mass is 10.2. The molecule has 0 aliphatic carbocycles. The van der Waals surface area contributed by atoms with Crippen LogP contribution in [0.3, 0.4) is 0 Å². The maximum absolute atomic E-state index is 11.2. The van der Waals surface area contributed by atoms with Gasteiger partial charge in [0.1, 0.15) is 12.8 Å².